The first-order valence-electron chi connectivity index (χ1n) is 5.83. The van der Waals surface area contributed by atoms with Gasteiger partial charge in [0.2, 0.25) is 0 Å². The number of hydrogen-bond donors (Lipinski definition) is 0. The van der Waals surface area contributed by atoms with Crippen LogP contribution in [0.15, 0.2) is 41.0 Å². The van der Waals surface area contributed by atoms with Crippen molar-refractivity contribution in [3.63, 3.8) is 0 Å². The van der Waals surface area contributed by atoms with Crippen LogP contribution in [0.2, 0.25) is 5.02 Å². The van der Waals surface area contributed by atoms with E-state index in [1.54, 1.807) is 24.5 Å². The number of hydrogen-bond acceptors (Lipinski definition) is 4. The van der Waals surface area contributed by atoms with Crippen LogP contribution in [0.25, 0.3) is 0 Å². The van der Waals surface area contributed by atoms with Gasteiger partial charge in [0.25, 0.3) is 0 Å². The van der Waals surface area contributed by atoms with Crippen LogP contribution in [0.4, 0.5) is 11.4 Å². The van der Waals surface area contributed by atoms with Gasteiger partial charge in [-0.05, 0) is 31.2 Å². The van der Waals surface area contributed by atoms with Crippen molar-refractivity contribution >= 4 is 23.0 Å². The van der Waals surface area contributed by atoms with Crippen molar-refractivity contribution < 1.29 is 9.34 Å². The van der Waals surface area contributed by atoms with E-state index >= 15 is 0 Å². The Morgan fingerprint density at radius 2 is 2.16 bits per heavy atom. The maximum atomic E-state index is 11.1. The number of benzene rings is 1. The van der Waals surface area contributed by atoms with Gasteiger partial charge < -0.3 is 9.32 Å². The smallest absolute Gasteiger partial charge is 0.310 e. The SMILES string of the molecule is CCN(Cc1ccco1)c1cccc(Cl)c1[N+](=O)[O-]. The van der Waals surface area contributed by atoms with Crippen LogP contribution >= 0.6 is 11.6 Å². The standard InChI is InChI=1S/C13H13ClN2O3/c1-2-15(9-10-5-4-8-19-10)12-7-3-6-11(14)13(12)16(17)18/h3-8H,2,9H2,1H3. The van der Waals surface area contributed by atoms with Gasteiger partial charge in [-0.25, -0.2) is 0 Å². The zero-order chi connectivity index (χ0) is 13.8. The Hall–Kier alpha value is -2.01. The highest BCUT2D eigenvalue weighted by Gasteiger charge is 2.22. The monoisotopic (exact) mass is 280 g/mol. The Kier molecular flexibility index (Phi) is 4.06. The molecule has 0 aliphatic carbocycles. The van der Waals surface area contributed by atoms with Gasteiger partial charge in [-0.15, -0.1) is 0 Å². The molecule has 0 bridgehead atoms. The van der Waals surface area contributed by atoms with Gasteiger partial charge in [0.15, 0.2) is 0 Å². The summed E-state index contributed by atoms with van der Waals surface area (Å²) in [6.45, 7) is 3.00. The topological polar surface area (TPSA) is 59.5 Å². The third-order valence-electron chi connectivity index (χ3n) is 2.80. The highest BCUT2D eigenvalue weighted by molar-refractivity contribution is 6.33. The number of nitro benzene ring substituents is 1. The molecule has 0 N–H and O–H groups in total. The van der Waals surface area contributed by atoms with E-state index in [0.29, 0.717) is 18.8 Å². The van der Waals surface area contributed by atoms with Crippen molar-refractivity contribution in [2.24, 2.45) is 0 Å². The summed E-state index contributed by atoms with van der Waals surface area (Å²) in [6.07, 6.45) is 1.58. The molecule has 100 valence electrons. The molecule has 0 unspecified atom stereocenters. The lowest BCUT2D eigenvalue weighted by atomic mass is 10.2. The molecule has 0 amide bonds. The number of para-hydroxylation sites is 1. The van der Waals surface area contributed by atoms with Crippen molar-refractivity contribution in [3.05, 3.63) is 57.5 Å². The Morgan fingerprint density at radius 1 is 1.37 bits per heavy atom. The third kappa shape index (κ3) is 2.88. The minimum atomic E-state index is -0.456. The average Bonchev–Trinajstić information content (AvgIpc) is 2.88. The fourth-order valence-corrected chi connectivity index (χ4v) is 2.14. The number of furan rings is 1. The molecular formula is C13H13ClN2O3. The molecule has 19 heavy (non-hydrogen) atoms. The minimum Gasteiger partial charge on any atom is -0.467 e. The second kappa shape index (κ2) is 5.75. The summed E-state index contributed by atoms with van der Waals surface area (Å²) >= 11 is 5.92. The lowest BCUT2D eigenvalue weighted by molar-refractivity contribution is -0.384. The fourth-order valence-electron chi connectivity index (χ4n) is 1.90. The molecule has 0 radical (unpaired) electrons. The zero-order valence-electron chi connectivity index (χ0n) is 10.4. The van der Waals surface area contributed by atoms with Crippen LogP contribution in [-0.4, -0.2) is 11.5 Å². The summed E-state index contributed by atoms with van der Waals surface area (Å²) in [5.41, 5.74) is 0.425. The molecule has 0 saturated heterocycles. The van der Waals surface area contributed by atoms with Crippen LogP contribution < -0.4 is 4.90 Å². The van der Waals surface area contributed by atoms with E-state index in [0.717, 1.165) is 5.76 Å². The molecule has 2 aromatic rings. The first-order chi connectivity index (χ1) is 9.13. The Balaban J connectivity index is 2.38. The molecule has 1 heterocycles. The van der Waals surface area contributed by atoms with E-state index < -0.39 is 4.92 Å². The second-order valence-corrected chi connectivity index (χ2v) is 4.37. The first-order valence-corrected chi connectivity index (χ1v) is 6.21. The van der Waals surface area contributed by atoms with Gasteiger partial charge in [-0.1, -0.05) is 17.7 Å². The van der Waals surface area contributed by atoms with Gasteiger partial charge in [0, 0.05) is 6.54 Å². The van der Waals surface area contributed by atoms with E-state index in [2.05, 4.69) is 0 Å². The molecular weight excluding hydrogens is 268 g/mol. The van der Waals surface area contributed by atoms with Gasteiger partial charge >= 0.3 is 5.69 Å². The summed E-state index contributed by atoms with van der Waals surface area (Å²) in [5.74, 6) is 0.746. The van der Waals surface area contributed by atoms with E-state index in [1.807, 2.05) is 17.9 Å². The number of nitrogens with zero attached hydrogens (tertiary/aromatic N) is 2. The van der Waals surface area contributed by atoms with Crippen LogP contribution in [0.3, 0.4) is 0 Å². The molecule has 0 atom stereocenters. The van der Waals surface area contributed by atoms with Crippen molar-refractivity contribution in [3.8, 4) is 0 Å². The first kappa shape index (κ1) is 13.4. The normalized spacial score (nSPS) is 10.4. The molecule has 6 heteroatoms. The summed E-state index contributed by atoms with van der Waals surface area (Å²) in [7, 11) is 0. The Labute approximate surface area is 115 Å². The minimum absolute atomic E-state index is 0.0717. The number of rotatable bonds is 5. The molecule has 1 aromatic heterocycles. The molecule has 2 rings (SSSR count). The predicted molar refractivity (Wildman–Crippen MR) is 73.5 cm³/mol. The lowest BCUT2D eigenvalue weighted by Crippen LogP contribution is -2.22. The summed E-state index contributed by atoms with van der Waals surface area (Å²) in [5, 5.41) is 11.3. The van der Waals surface area contributed by atoms with E-state index in [9.17, 15) is 10.1 Å². The van der Waals surface area contributed by atoms with Crippen LogP contribution in [0, 0.1) is 10.1 Å². The molecule has 0 spiro atoms. The lowest BCUT2D eigenvalue weighted by Gasteiger charge is -2.21. The summed E-state index contributed by atoms with van der Waals surface area (Å²) in [4.78, 5) is 12.5. The van der Waals surface area contributed by atoms with E-state index in [4.69, 9.17) is 16.0 Å². The van der Waals surface area contributed by atoms with Crippen molar-refractivity contribution in [1.82, 2.24) is 0 Å². The molecule has 0 aliphatic rings. The number of anilines is 1. The molecule has 1 aromatic carbocycles. The van der Waals surface area contributed by atoms with Crippen LogP contribution in [-0.2, 0) is 6.54 Å². The van der Waals surface area contributed by atoms with Gasteiger partial charge in [-0.3, -0.25) is 10.1 Å². The van der Waals surface area contributed by atoms with E-state index in [-0.39, 0.29) is 10.7 Å². The Bertz CT molecular complexity index is 569. The molecule has 5 nitrogen and oxygen atoms in total. The van der Waals surface area contributed by atoms with Crippen LogP contribution in [0.5, 0.6) is 0 Å². The number of halogens is 1. The summed E-state index contributed by atoms with van der Waals surface area (Å²) in [6, 6.07) is 8.53. The van der Waals surface area contributed by atoms with Crippen molar-refractivity contribution in [2.75, 3.05) is 11.4 Å². The van der Waals surface area contributed by atoms with Crippen molar-refractivity contribution in [1.29, 1.82) is 0 Å². The summed E-state index contributed by atoms with van der Waals surface area (Å²) < 4.78 is 5.27. The number of nitro groups is 1. The average molecular weight is 281 g/mol. The quantitative estimate of drug-likeness (QED) is 0.616. The fraction of sp³-hybridized carbons (Fsp3) is 0.231. The maximum absolute atomic E-state index is 11.1. The largest absolute Gasteiger partial charge is 0.467 e. The van der Waals surface area contributed by atoms with Gasteiger partial charge in [-0.2, -0.15) is 0 Å². The van der Waals surface area contributed by atoms with Gasteiger partial charge in [0.05, 0.1) is 17.7 Å². The maximum Gasteiger partial charge on any atom is 0.310 e. The molecule has 0 aliphatic heterocycles. The molecule has 0 fully saturated rings. The highest BCUT2D eigenvalue weighted by atomic mass is 35.5. The van der Waals surface area contributed by atoms with Crippen LogP contribution in [0.1, 0.15) is 12.7 Å². The zero-order valence-corrected chi connectivity index (χ0v) is 11.1. The molecule has 0 saturated carbocycles. The third-order valence-corrected chi connectivity index (χ3v) is 3.10. The van der Waals surface area contributed by atoms with Crippen molar-refractivity contribution in [2.45, 2.75) is 13.5 Å². The predicted octanol–water partition coefficient (Wildman–Crippen LogP) is 3.87. The Morgan fingerprint density at radius 3 is 2.74 bits per heavy atom. The second-order valence-electron chi connectivity index (χ2n) is 3.96. The van der Waals surface area contributed by atoms with E-state index in [1.165, 1.54) is 6.07 Å². The van der Waals surface area contributed by atoms with Gasteiger partial charge in [0.1, 0.15) is 16.5 Å². The highest BCUT2D eigenvalue weighted by Crippen LogP contribution is 2.35.